The molecule has 2 fully saturated rings. The molecule has 1 N–H and O–H groups in total. The molecule has 4 heterocycles. The summed E-state index contributed by atoms with van der Waals surface area (Å²) in [7, 11) is 0. The van der Waals surface area contributed by atoms with Crippen LogP contribution in [0.25, 0.3) is 6.08 Å². The topological polar surface area (TPSA) is 75.7 Å². The molecule has 176 valence electrons. The van der Waals surface area contributed by atoms with Gasteiger partial charge in [-0.2, -0.15) is 0 Å². The maximum atomic E-state index is 13.0. The van der Waals surface area contributed by atoms with E-state index >= 15 is 0 Å². The predicted octanol–water partition coefficient (Wildman–Crippen LogP) is 1.98. The zero-order valence-electron chi connectivity index (χ0n) is 18.5. The average molecular weight is 481 g/mol. The molecule has 2 aromatic rings. The monoisotopic (exact) mass is 480 g/mol. The summed E-state index contributed by atoms with van der Waals surface area (Å²) in [4.78, 5) is 19.3. The van der Waals surface area contributed by atoms with Crippen molar-refractivity contribution in [1.82, 2.24) is 20.0 Å². The third-order valence-corrected chi connectivity index (χ3v) is 6.64. The van der Waals surface area contributed by atoms with Crippen LogP contribution in [0.4, 0.5) is 0 Å². The van der Waals surface area contributed by atoms with Crippen LogP contribution in [0.5, 0.6) is 23.0 Å². The summed E-state index contributed by atoms with van der Waals surface area (Å²) in [6, 6.07) is 11.7. The molecule has 10 heteroatoms. The predicted molar refractivity (Wildman–Crippen MR) is 127 cm³/mol. The molecule has 0 aromatic heterocycles. The van der Waals surface area contributed by atoms with Crippen molar-refractivity contribution < 1.29 is 23.7 Å². The van der Waals surface area contributed by atoms with Crippen LogP contribution in [-0.2, 0) is 11.3 Å². The summed E-state index contributed by atoms with van der Waals surface area (Å²) in [5, 5.41) is 3.49. The number of hydrogen-bond donors (Lipinski definition) is 1. The third kappa shape index (κ3) is 4.15. The van der Waals surface area contributed by atoms with E-state index < -0.39 is 0 Å². The molecule has 2 saturated heterocycles. The number of hydrogen-bond acceptors (Lipinski definition) is 8. The normalized spacial score (nSPS) is 20.9. The SMILES string of the molecule is O=C1/C(=C\c2ccc3c(c2)OCO3)NC(=S)N1CN1CCN(Cc2ccc3c(c2)OCO3)CC1. The Morgan fingerprint density at radius 3 is 2.26 bits per heavy atom. The van der Waals surface area contributed by atoms with E-state index in [1.165, 1.54) is 5.56 Å². The fourth-order valence-corrected chi connectivity index (χ4v) is 4.71. The van der Waals surface area contributed by atoms with Gasteiger partial charge in [0.1, 0.15) is 5.70 Å². The second kappa shape index (κ2) is 8.79. The Kier molecular flexibility index (Phi) is 5.48. The number of nitrogens with zero attached hydrogens (tertiary/aromatic N) is 3. The number of ether oxygens (including phenoxy) is 4. The van der Waals surface area contributed by atoms with Gasteiger partial charge in [-0.15, -0.1) is 0 Å². The van der Waals surface area contributed by atoms with Crippen molar-refractivity contribution >= 4 is 29.3 Å². The van der Waals surface area contributed by atoms with Gasteiger partial charge in [0.15, 0.2) is 28.1 Å². The molecule has 34 heavy (non-hydrogen) atoms. The van der Waals surface area contributed by atoms with Crippen molar-refractivity contribution in [2.45, 2.75) is 6.54 Å². The summed E-state index contributed by atoms with van der Waals surface area (Å²) in [5.41, 5.74) is 2.52. The Bertz CT molecular complexity index is 1180. The molecule has 4 aliphatic rings. The number of carbonyl (C=O) groups excluding carboxylic acids is 1. The van der Waals surface area contributed by atoms with Crippen molar-refractivity contribution in [3.8, 4) is 23.0 Å². The summed E-state index contributed by atoms with van der Waals surface area (Å²) in [6.07, 6.45) is 1.79. The van der Waals surface area contributed by atoms with Gasteiger partial charge < -0.3 is 24.3 Å². The molecule has 0 spiro atoms. The number of rotatable bonds is 5. The number of fused-ring (bicyclic) bond motifs is 2. The fraction of sp³-hybridized carbons (Fsp3) is 0.333. The molecule has 0 aliphatic carbocycles. The molecule has 9 nitrogen and oxygen atoms in total. The van der Waals surface area contributed by atoms with Gasteiger partial charge in [0, 0.05) is 32.7 Å². The maximum Gasteiger partial charge on any atom is 0.277 e. The lowest BCUT2D eigenvalue weighted by atomic mass is 10.1. The number of benzene rings is 2. The van der Waals surface area contributed by atoms with E-state index in [2.05, 4.69) is 27.2 Å². The van der Waals surface area contributed by atoms with E-state index in [0.29, 0.717) is 29.0 Å². The molecule has 4 aliphatic heterocycles. The molecule has 0 saturated carbocycles. The standard InChI is InChI=1S/C24H24N4O5S/c29-23-18(9-16-1-3-19-21(10-16)32-14-30-19)25-24(34)28(23)13-27-7-5-26(6-8-27)12-17-2-4-20-22(11-17)33-15-31-20/h1-4,9-11H,5-8,12-15H2,(H,25,34)/b18-9+. The van der Waals surface area contributed by atoms with E-state index in [4.69, 9.17) is 31.2 Å². The first-order valence-electron chi connectivity index (χ1n) is 11.2. The quantitative estimate of drug-likeness (QED) is 0.511. The van der Waals surface area contributed by atoms with Crippen LogP contribution in [0.15, 0.2) is 42.1 Å². The first-order chi connectivity index (χ1) is 16.6. The first-order valence-corrected chi connectivity index (χ1v) is 11.6. The molecule has 1 amide bonds. The van der Waals surface area contributed by atoms with Crippen LogP contribution >= 0.6 is 12.2 Å². The second-order valence-corrected chi connectivity index (χ2v) is 8.94. The average Bonchev–Trinajstić information content (AvgIpc) is 3.56. The largest absolute Gasteiger partial charge is 0.454 e. The van der Waals surface area contributed by atoms with E-state index in [9.17, 15) is 4.79 Å². The lowest BCUT2D eigenvalue weighted by molar-refractivity contribution is -0.124. The summed E-state index contributed by atoms with van der Waals surface area (Å²) < 4.78 is 21.6. The Hall–Kier alpha value is -3.34. The highest BCUT2D eigenvalue weighted by molar-refractivity contribution is 7.80. The maximum absolute atomic E-state index is 13.0. The van der Waals surface area contributed by atoms with Gasteiger partial charge in [-0.1, -0.05) is 12.1 Å². The zero-order valence-corrected chi connectivity index (χ0v) is 19.3. The summed E-state index contributed by atoms with van der Waals surface area (Å²) in [6.45, 7) is 5.38. The third-order valence-electron chi connectivity index (χ3n) is 6.32. The highest BCUT2D eigenvalue weighted by atomic mass is 32.1. The molecule has 0 atom stereocenters. The van der Waals surface area contributed by atoms with Gasteiger partial charge in [0.2, 0.25) is 13.6 Å². The van der Waals surface area contributed by atoms with Crippen molar-refractivity contribution in [2.24, 2.45) is 0 Å². The Morgan fingerprint density at radius 2 is 1.50 bits per heavy atom. The molecule has 2 aromatic carbocycles. The minimum Gasteiger partial charge on any atom is -0.454 e. The molecule has 0 unspecified atom stereocenters. The number of nitrogens with one attached hydrogen (secondary N) is 1. The Balaban J connectivity index is 1.04. The number of amides is 1. The van der Waals surface area contributed by atoms with Gasteiger partial charge in [0.05, 0.1) is 6.67 Å². The highest BCUT2D eigenvalue weighted by Gasteiger charge is 2.33. The molecular formula is C24H24N4O5S. The van der Waals surface area contributed by atoms with E-state index in [-0.39, 0.29) is 19.5 Å². The van der Waals surface area contributed by atoms with E-state index in [1.807, 2.05) is 24.3 Å². The van der Waals surface area contributed by atoms with Gasteiger partial charge >= 0.3 is 0 Å². The Labute approximate surface area is 202 Å². The number of piperazine rings is 1. The zero-order chi connectivity index (χ0) is 23.1. The lowest BCUT2D eigenvalue weighted by Crippen LogP contribution is -2.50. The van der Waals surface area contributed by atoms with Crippen LogP contribution in [0.2, 0.25) is 0 Å². The van der Waals surface area contributed by atoms with Gasteiger partial charge in [-0.3, -0.25) is 19.5 Å². The van der Waals surface area contributed by atoms with Gasteiger partial charge in [-0.05, 0) is 53.7 Å². The number of carbonyl (C=O) groups is 1. The lowest BCUT2D eigenvalue weighted by Gasteiger charge is -2.36. The van der Waals surface area contributed by atoms with E-state index in [1.54, 1.807) is 11.0 Å². The van der Waals surface area contributed by atoms with Crippen LogP contribution < -0.4 is 24.3 Å². The smallest absolute Gasteiger partial charge is 0.277 e. The van der Waals surface area contributed by atoms with Crippen LogP contribution in [0.1, 0.15) is 11.1 Å². The molecule has 6 rings (SSSR count). The fourth-order valence-electron chi connectivity index (χ4n) is 4.46. The van der Waals surface area contributed by atoms with Crippen molar-refractivity contribution in [3.63, 3.8) is 0 Å². The Morgan fingerprint density at radius 1 is 0.853 bits per heavy atom. The summed E-state index contributed by atoms with van der Waals surface area (Å²) >= 11 is 5.46. The van der Waals surface area contributed by atoms with Crippen LogP contribution in [0, 0.1) is 0 Å². The summed E-state index contributed by atoms with van der Waals surface area (Å²) in [5.74, 6) is 2.89. The number of thiocarbonyl (C=S) groups is 1. The highest BCUT2D eigenvalue weighted by Crippen LogP contribution is 2.34. The van der Waals surface area contributed by atoms with Gasteiger partial charge in [-0.25, -0.2) is 0 Å². The minimum absolute atomic E-state index is 0.120. The van der Waals surface area contributed by atoms with E-state index in [0.717, 1.165) is 49.8 Å². The van der Waals surface area contributed by atoms with Crippen molar-refractivity contribution in [3.05, 3.63) is 53.2 Å². The van der Waals surface area contributed by atoms with Crippen molar-refractivity contribution in [2.75, 3.05) is 46.4 Å². The minimum atomic E-state index is -0.120. The first kappa shape index (κ1) is 21.2. The van der Waals surface area contributed by atoms with Crippen molar-refractivity contribution in [1.29, 1.82) is 0 Å². The second-order valence-electron chi connectivity index (χ2n) is 8.56. The van der Waals surface area contributed by atoms with Crippen LogP contribution in [-0.4, -0.2) is 72.2 Å². The molecular weight excluding hydrogens is 456 g/mol. The van der Waals surface area contributed by atoms with Crippen LogP contribution in [0.3, 0.4) is 0 Å². The molecule has 0 radical (unpaired) electrons. The van der Waals surface area contributed by atoms with Gasteiger partial charge in [0.25, 0.3) is 5.91 Å². The molecule has 0 bridgehead atoms.